The minimum absolute atomic E-state index is 0.138. The molecule has 2 rings (SSSR count). The van der Waals surface area contributed by atoms with Crippen LogP contribution in [0.3, 0.4) is 0 Å². The average molecular weight is 282 g/mol. The Morgan fingerprint density at radius 1 is 0.632 bits per heavy atom. The van der Waals surface area contributed by atoms with Crippen LogP contribution in [-0.4, -0.2) is 0 Å². The number of benzene rings is 2. The van der Waals surface area contributed by atoms with E-state index in [4.69, 9.17) is 22.9 Å². The second-order valence-corrected chi connectivity index (χ2v) is 5.01. The van der Waals surface area contributed by atoms with Gasteiger partial charge in [-0.05, 0) is 12.1 Å². The number of nitrogens with two attached hydrogens (primary N) is 4. The van der Waals surface area contributed by atoms with E-state index in [1.54, 1.807) is 0 Å². The second-order valence-electron chi connectivity index (χ2n) is 3.93. The van der Waals surface area contributed by atoms with Crippen molar-refractivity contribution in [3.8, 4) is 0 Å². The molecule has 0 atom stereocenters. The van der Waals surface area contributed by atoms with E-state index >= 15 is 0 Å². The summed E-state index contributed by atoms with van der Waals surface area (Å²) in [5.74, 6) is -1.15. The van der Waals surface area contributed by atoms with Gasteiger partial charge in [-0.25, -0.2) is 8.78 Å². The quantitative estimate of drug-likeness (QED) is 0.633. The molecule has 2 aromatic rings. The molecule has 0 spiro atoms. The van der Waals surface area contributed by atoms with Crippen LogP contribution in [0.5, 0.6) is 0 Å². The molecule has 4 nitrogen and oxygen atoms in total. The lowest BCUT2D eigenvalue weighted by Crippen LogP contribution is -1.98. The lowest BCUT2D eigenvalue weighted by Gasteiger charge is -2.09. The summed E-state index contributed by atoms with van der Waals surface area (Å²) in [6.07, 6.45) is 0. The molecule has 8 N–H and O–H groups in total. The molecule has 100 valence electrons. The van der Waals surface area contributed by atoms with Gasteiger partial charge in [0.1, 0.15) is 11.6 Å². The maximum absolute atomic E-state index is 13.7. The van der Waals surface area contributed by atoms with E-state index in [1.807, 2.05) is 0 Å². The Morgan fingerprint density at radius 3 is 1.32 bits per heavy atom. The van der Waals surface area contributed by atoms with Crippen LogP contribution in [-0.2, 0) is 0 Å². The topological polar surface area (TPSA) is 104 Å². The minimum atomic E-state index is -0.577. The molecule has 0 bridgehead atoms. The van der Waals surface area contributed by atoms with Crippen LogP contribution in [0.1, 0.15) is 0 Å². The Balaban J connectivity index is 2.42. The first-order valence-corrected chi connectivity index (χ1v) is 6.07. The lowest BCUT2D eigenvalue weighted by atomic mass is 10.2. The van der Waals surface area contributed by atoms with Gasteiger partial charge in [0.25, 0.3) is 0 Å². The Bertz CT molecular complexity index is 591. The number of nitrogen functional groups attached to an aromatic ring is 4. The van der Waals surface area contributed by atoms with Gasteiger partial charge in [-0.3, -0.25) is 0 Å². The molecule has 0 aliphatic carbocycles. The molecule has 0 aromatic heterocycles. The van der Waals surface area contributed by atoms with Crippen molar-refractivity contribution < 1.29 is 8.78 Å². The van der Waals surface area contributed by atoms with Crippen molar-refractivity contribution in [3.63, 3.8) is 0 Å². The monoisotopic (exact) mass is 282 g/mol. The van der Waals surface area contributed by atoms with E-state index < -0.39 is 11.6 Å². The minimum Gasteiger partial charge on any atom is -0.397 e. The average Bonchev–Trinajstić information content (AvgIpc) is 2.32. The highest BCUT2D eigenvalue weighted by Crippen LogP contribution is 2.36. The van der Waals surface area contributed by atoms with Gasteiger partial charge in [0.05, 0.1) is 32.5 Å². The fourth-order valence-corrected chi connectivity index (χ4v) is 2.37. The molecule has 0 unspecified atom stereocenters. The van der Waals surface area contributed by atoms with Crippen LogP contribution in [0.25, 0.3) is 0 Å². The summed E-state index contributed by atoms with van der Waals surface area (Å²) in [5.41, 5.74) is 22.9. The van der Waals surface area contributed by atoms with Crippen LogP contribution in [0.15, 0.2) is 34.1 Å². The standard InChI is InChI=1S/C12H12F2N4S/c13-5-1-7(15)9(17)3-11(5)19-12-4-10(18)8(16)2-6(12)14/h1-4H,15-18H2. The van der Waals surface area contributed by atoms with Gasteiger partial charge < -0.3 is 22.9 Å². The number of anilines is 4. The van der Waals surface area contributed by atoms with Crippen LogP contribution < -0.4 is 22.9 Å². The summed E-state index contributed by atoms with van der Waals surface area (Å²) < 4.78 is 27.4. The summed E-state index contributed by atoms with van der Waals surface area (Å²) in [6, 6.07) is 4.88. The third-order valence-electron chi connectivity index (χ3n) is 2.50. The molecule has 0 aliphatic heterocycles. The van der Waals surface area contributed by atoms with Crippen molar-refractivity contribution in [2.45, 2.75) is 9.79 Å². The third-order valence-corrected chi connectivity index (χ3v) is 3.56. The summed E-state index contributed by atoms with van der Waals surface area (Å²) >= 11 is 0.865. The molecular weight excluding hydrogens is 270 g/mol. The SMILES string of the molecule is Nc1cc(F)c(Sc2cc(N)c(N)cc2F)cc1N. The maximum atomic E-state index is 13.7. The zero-order valence-electron chi connectivity index (χ0n) is 9.78. The molecular formula is C12H12F2N4S. The molecule has 0 fully saturated rings. The first-order chi connectivity index (χ1) is 8.88. The van der Waals surface area contributed by atoms with Crippen molar-refractivity contribution in [1.29, 1.82) is 0 Å². The number of hydrogen-bond donors (Lipinski definition) is 4. The van der Waals surface area contributed by atoms with Gasteiger partial charge in [-0.2, -0.15) is 0 Å². The maximum Gasteiger partial charge on any atom is 0.139 e. The van der Waals surface area contributed by atoms with Crippen molar-refractivity contribution in [1.82, 2.24) is 0 Å². The molecule has 0 saturated carbocycles. The van der Waals surface area contributed by atoms with E-state index in [2.05, 4.69) is 0 Å². The zero-order chi connectivity index (χ0) is 14.2. The van der Waals surface area contributed by atoms with E-state index in [-0.39, 0.29) is 32.5 Å². The summed E-state index contributed by atoms with van der Waals surface area (Å²) in [4.78, 5) is 0.324. The van der Waals surface area contributed by atoms with Crippen molar-refractivity contribution >= 4 is 34.5 Å². The fraction of sp³-hybridized carbons (Fsp3) is 0. The van der Waals surface area contributed by atoms with Gasteiger partial charge in [-0.15, -0.1) is 0 Å². The molecule has 0 radical (unpaired) electrons. The Hall–Kier alpha value is -2.15. The number of hydrogen-bond acceptors (Lipinski definition) is 5. The van der Waals surface area contributed by atoms with Crippen LogP contribution in [0.2, 0.25) is 0 Å². The predicted octanol–water partition coefficient (Wildman–Crippen LogP) is 2.44. The second kappa shape index (κ2) is 4.85. The number of rotatable bonds is 2. The van der Waals surface area contributed by atoms with Crippen LogP contribution in [0.4, 0.5) is 31.5 Å². The van der Waals surface area contributed by atoms with E-state index in [9.17, 15) is 8.78 Å². The van der Waals surface area contributed by atoms with Gasteiger partial charge >= 0.3 is 0 Å². The highest BCUT2D eigenvalue weighted by atomic mass is 32.2. The summed E-state index contributed by atoms with van der Waals surface area (Å²) in [6.45, 7) is 0. The number of halogens is 2. The normalized spacial score (nSPS) is 10.6. The van der Waals surface area contributed by atoms with Crippen molar-refractivity contribution in [3.05, 3.63) is 35.9 Å². The van der Waals surface area contributed by atoms with Crippen LogP contribution in [0, 0.1) is 11.6 Å². The molecule has 0 aliphatic rings. The lowest BCUT2D eigenvalue weighted by molar-refractivity contribution is 0.597. The van der Waals surface area contributed by atoms with Gasteiger partial charge in [-0.1, -0.05) is 11.8 Å². The Kier molecular flexibility index (Phi) is 3.39. The van der Waals surface area contributed by atoms with E-state index in [1.165, 1.54) is 12.1 Å². The zero-order valence-corrected chi connectivity index (χ0v) is 10.6. The van der Waals surface area contributed by atoms with Gasteiger partial charge in [0.2, 0.25) is 0 Å². The van der Waals surface area contributed by atoms with Crippen molar-refractivity contribution in [2.24, 2.45) is 0 Å². The Morgan fingerprint density at radius 2 is 0.947 bits per heavy atom. The molecule has 19 heavy (non-hydrogen) atoms. The largest absolute Gasteiger partial charge is 0.397 e. The first-order valence-electron chi connectivity index (χ1n) is 5.25. The fourth-order valence-electron chi connectivity index (χ4n) is 1.44. The van der Waals surface area contributed by atoms with Gasteiger partial charge in [0, 0.05) is 12.1 Å². The molecule has 0 amide bonds. The first kappa shape index (κ1) is 13.3. The third kappa shape index (κ3) is 2.65. The van der Waals surface area contributed by atoms with Gasteiger partial charge in [0.15, 0.2) is 0 Å². The van der Waals surface area contributed by atoms with E-state index in [0.717, 1.165) is 23.9 Å². The molecule has 0 saturated heterocycles. The molecule has 0 heterocycles. The smallest absolute Gasteiger partial charge is 0.139 e. The van der Waals surface area contributed by atoms with E-state index in [0.29, 0.717) is 0 Å². The predicted molar refractivity (Wildman–Crippen MR) is 74.6 cm³/mol. The summed E-state index contributed by atoms with van der Waals surface area (Å²) in [5, 5.41) is 0. The highest BCUT2D eigenvalue weighted by molar-refractivity contribution is 7.99. The Labute approximate surface area is 112 Å². The van der Waals surface area contributed by atoms with Crippen molar-refractivity contribution in [2.75, 3.05) is 22.9 Å². The van der Waals surface area contributed by atoms with Crippen LogP contribution >= 0.6 is 11.8 Å². The molecule has 7 heteroatoms. The highest BCUT2D eigenvalue weighted by Gasteiger charge is 2.12. The molecule has 2 aromatic carbocycles. The summed E-state index contributed by atoms with van der Waals surface area (Å²) in [7, 11) is 0.